The van der Waals surface area contributed by atoms with E-state index < -0.39 is 0 Å². The van der Waals surface area contributed by atoms with E-state index in [1.807, 2.05) is 0 Å². The van der Waals surface area contributed by atoms with Crippen molar-refractivity contribution in [1.82, 2.24) is 4.90 Å². The quantitative estimate of drug-likeness (QED) is 0.509. The number of carbonyl (C=O) groups excluding carboxylic acids is 1. The summed E-state index contributed by atoms with van der Waals surface area (Å²) in [7, 11) is 0. The minimum absolute atomic E-state index is 0.132. The molecule has 1 N–H and O–H groups in total. The summed E-state index contributed by atoms with van der Waals surface area (Å²) in [4.78, 5) is 12.3. The molecule has 3 heteroatoms. The highest BCUT2D eigenvalue weighted by Crippen LogP contribution is 2.08. The molecule has 0 saturated carbocycles. The topological polar surface area (TPSA) is 40.5 Å². The molecule has 1 fully saturated rings. The van der Waals surface area contributed by atoms with Gasteiger partial charge in [-0.3, -0.25) is 4.79 Å². The van der Waals surface area contributed by atoms with Crippen LogP contribution in [0.2, 0.25) is 0 Å². The molecule has 0 aromatic carbocycles. The second-order valence-corrected chi connectivity index (χ2v) is 2.61. The maximum Gasteiger partial charge on any atom is 0.223 e. The molecule has 1 aliphatic rings. The third-order valence-corrected chi connectivity index (χ3v) is 1.82. The van der Waals surface area contributed by atoms with Gasteiger partial charge in [0.15, 0.2) is 0 Å². The van der Waals surface area contributed by atoms with Gasteiger partial charge in [0.1, 0.15) is 0 Å². The second kappa shape index (κ2) is 3.01. The molecule has 0 bridgehead atoms. The van der Waals surface area contributed by atoms with Gasteiger partial charge in [0.25, 0.3) is 0 Å². The van der Waals surface area contributed by atoms with Crippen LogP contribution >= 0.6 is 0 Å². The molecular formula is C7H12NO2. The standard InChI is InChI=1S/C7H12NO2/c1-6(9)8-4-2-7(10)3-5-8/h7,10H,1-5H2. The average molecular weight is 142 g/mol. The van der Waals surface area contributed by atoms with E-state index in [4.69, 9.17) is 5.11 Å². The van der Waals surface area contributed by atoms with Crippen LogP contribution < -0.4 is 0 Å². The Morgan fingerprint density at radius 2 is 2.00 bits per heavy atom. The van der Waals surface area contributed by atoms with Crippen LogP contribution in [0.15, 0.2) is 0 Å². The molecule has 0 unspecified atom stereocenters. The van der Waals surface area contributed by atoms with E-state index in [0.29, 0.717) is 25.9 Å². The molecule has 1 rings (SSSR count). The summed E-state index contributed by atoms with van der Waals surface area (Å²) < 4.78 is 0. The van der Waals surface area contributed by atoms with Crippen LogP contribution in [0.4, 0.5) is 0 Å². The van der Waals surface area contributed by atoms with Crippen molar-refractivity contribution in [2.24, 2.45) is 0 Å². The van der Waals surface area contributed by atoms with Crippen LogP contribution in [0.25, 0.3) is 0 Å². The molecule has 1 amide bonds. The Balaban J connectivity index is 2.33. The summed E-state index contributed by atoms with van der Waals surface area (Å²) in [6.07, 6.45) is 1.18. The van der Waals surface area contributed by atoms with Crippen molar-refractivity contribution in [1.29, 1.82) is 0 Å². The number of nitrogens with zero attached hydrogens (tertiary/aromatic N) is 1. The fraction of sp³-hybridized carbons (Fsp3) is 0.714. The molecule has 0 aromatic rings. The average Bonchev–Trinajstić information content (AvgIpc) is 1.88. The maximum atomic E-state index is 10.6. The van der Waals surface area contributed by atoms with E-state index in [9.17, 15) is 4.79 Å². The predicted molar refractivity (Wildman–Crippen MR) is 37.2 cm³/mol. The molecule has 57 valence electrons. The Morgan fingerprint density at radius 3 is 2.40 bits per heavy atom. The number of carbonyl (C=O) groups is 1. The van der Waals surface area contributed by atoms with E-state index in [-0.39, 0.29) is 12.0 Å². The van der Waals surface area contributed by atoms with Gasteiger partial charge in [0.05, 0.1) is 6.10 Å². The van der Waals surface area contributed by atoms with Crippen LogP contribution in [0, 0.1) is 6.92 Å². The largest absolute Gasteiger partial charge is 0.393 e. The zero-order valence-electron chi connectivity index (χ0n) is 5.92. The van der Waals surface area contributed by atoms with E-state index >= 15 is 0 Å². The number of aliphatic hydroxyl groups excluding tert-OH is 1. The summed E-state index contributed by atoms with van der Waals surface area (Å²) in [5.41, 5.74) is 0. The molecular weight excluding hydrogens is 130 g/mol. The van der Waals surface area contributed by atoms with Crippen molar-refractivity contribution in [2.45, 2.75) is 18.9 Å². The molecule has 3 nitrogen and oxygen atoms in total. The maximum absolute atomic E-state index is 10.6. The number of piperidine rings is 1. The molecule has 1 saturated heterocycles. The van der Waals surface area contributed by atoms with Crippen molar-refractivity contribution >= 4 is 5.91 Å². The first-order valence-electron chi connectivity index (χ1n) is 3.49. The Morgan fingerprint density at radius 1 is 1.50 bits per heavy atom. The Hall–Kier alpha value is -0.570. The zero-order chi connectivity index (χ0) is 7.56. The minimum Gasteiger partial charge on any atom is -0.393 e. The third-order valence-electron chi connectivity index (χ3n) is 1.82. The van der Waals surface area contributed by atoms with Gasteiger partial charge < -0.3 is 10.0 Å². The minimum atomic E-state index is -0.212. The van der Waals surface area contributed by atoms with Gasteiger partial charge in [-0.15, -0.1) is 0 Å². The van der Waals surface area contributed by atoms with Gasteiger partial charge in [-0.2, -0.15) is 0 Å². The number of hydrogen-bond donors (Lipinski definition) is 1. The van der Waals surface area contributed by atoms with Crippen LogP contribution in [0.5, 0.6) is 0 Å². The van der Waals surface area contributed by atoms with Crippen LogP contribution in [0.3, 0.4) is 0 Å². The summed E-state index contributed by atoms with van der Waals surface area (Å²) in [6, 6.07) is 0. The lowest BCUT2D eigenvalue weighted by molar-refractivity contribution is -0.128. The first-order chi connectivity index (χ1) is 4.70. The summed E-state index contributed by atoms with van der Waals surface area (Å²) >= 11 is 0. The fourth-order valence-corrected chi connectivity index (χ4v) is 1.12. The Bertz CT molecular complexity index is 128. The van der Waals surface area contributed by atoms with E-state index in [0.717, 1.165) is 0 Å². The highest BCUT2D eigenvalue weighted by Gasteiger charge is 2.17. The lowest BCUT2D eigenvalue weighted by Gasteiger charge is -2.28. The van der Waals surface area contributed by atoms with Gasteiger partial charge in [0.2, 0.25) is 5.91 Å². The Kier molecular flexibility index (Phi) is 2.27. The number of amides is 1. The number of aliphatic hydroxyl groups is 1. The first-order valence-corrected chi connectivity index (χ1v) is 3.49. The smallest absolute Gasteiger partial charge is 0.223 e. The molecule has 0 atom stereocenters. The van der Waals surface area contributed by atoms with E-state index in [2.05, 4.69) is 6.92 Å². The van der Waals surface area contributed by atoms with Crippen molar-refractivity contribution < 1.29 is 9.90 Å². The van der Waals surface area contributed by atoms with Gasteiger partial charge in [-0.05, 0) is 12.8 Å². The van der Waals surface area contributed by atoms with Gasteiger partial charge in [0, 0.05) is 20.0 Å². The monoisotopic (exact) mass is 142 g/mol. The summed E-state index contributed by atoms with van der Waals surface area (Å²) in [6.45, 7) is 4.61. The molecule has 0 spiro atoms. The highest BCUT2D eigenvalue weighted by atomic mass is 16.3. The summed E-state index contributed by atoms with van der Waals surface area (Å²) in [5, 5.41) is 9.05. The first kappa shape index (κ1) is 7.54. The lowest BCUT2D eigenvalue weighted by atomic mass is 10.1. The zero-order valence-corrected chi connectivity index (χ0v) is 5.92. The molecule has 1 aliphatic heterocycles. The van der Waals surface area contributed by atoms with Crippen molar-refractivity contribution in [2.75, 3.05) is 13.1 Å². The molecule has 1 heterocycles. The fourth-order valence-electron chi connectivity index (χ4n) is 1.12. The van der Waals surface area contributed by atoms with Gasteiger partial charge in [-0.25, -0.2) is 0 Å². The van der Waals surface area contributed by atoms with E-state index in [1.54, 1.807) is 4.90 Å². The lowest BCUT2D eigenvalue weighted by Crippen LogP contribution is -2.38. The SMILES string of the molecule is [CH2]C(=O)N1CCC(O)CC1. The van der Waals surface area contributed by atoms with E-state index in [1.165, 1.54) is 0 Å². The third kappa shape index (κ3) is 1.70. The normalized spacial score (nSPS) is 21.2. The number of hydrogen-bond acceptors (Lipinski definition) is 2. The molecule has 0 aliphatic carbocycles. The van der Waals surface area contributed by atoms with Crippen LogP contribution in [-0.2, 0) is 4.79 Å². The Labute approximate surface area is 60.6 Å². The predicted octanol–water partition coefficient (Wildman–Crippen LogP) is -0.196. The van der Waals surface area contributed by atoms with Crippen molar-refractivity contribution in [3.8, 4) is 0 Å². The molecule has 1 radical (unpaired) electrons. The van der Waals surface area contributed by atoms with Crippen molar-refractivity contribution in [3.05, 3.63) is 6.92 Å². The van der Waals surface area contributed by atoms with Crippen LogP contribution in [-0.4, -0.2) is 35.1 Å². The summed E-state index contributed by atoms with van der Waals surface area (Å²) in [5.74, 6) is -0.132. The molecule has 10 heavy (non-hydrogen) atoms. The van der Waals surface area contributed by atoms with Gasteiger partial charge in [-0.1, -0.05) is 0 Å². The number of likely N-dealkylation sites (tertiary alicyclic amines) is 1. The van der Waals surface area contributed by atoms with Gasteiger partial charge >= 0.3 is 0 Å². The highest BCUT2D eigenvalue weighted by molar-refractivity contribution is 5.80. The van der Waals surface area contributed by atoms with Crippen LogP contribution in [0.1, 0.15) is 12.8 Å². The number of rotatable bonds is 0. The van der Waals surface area contributed by atoms with Crippen molar-refractivity contribution in [3.63, 3.8) is 0 Å². The molecule has 0 aromatic heterocycles. The second-order valence-electron chi connectivity index (χ2n) is 2.61.